The number of rotatable bonds is 2. The summed E-state index contributed by atoms with van der Waals surface area (Å²) < 4.78 is 5.32. The highest BCUT2D eigenvalue weighted by Gasteiger charge is 2.22. The molecule has 2 aromatic rings. The summed E-state index contributed by atoms with van der Waals surface area (Å²) in [5, 5.41) is 0.981. The molecule has 3 rings (SSSR count). The summed E-state index contributed by atoms with van der Waals surface area (Å²) in [5.74, 6) is 0.117. The predicted octanol–water partition coefficient (Wildman–Crippen LogP) is 5.28. The van der Waals surface area contributed by atoms with Crippen molar-refractivity contribution < 1.29 is 9.53 Å². The maximum atomic E-state index is 12.0. The first-order valence-electron chi connectivity index (χ1n) is 6.71. The van der Waals surface area contributed by atoms with Gasteiger partial charge in [0.15, 0.2) is 0 Å². The lowest BCUT2D eigenvalue weighted by molar-refractivity contribution is -0.130. The van der Waals surface area contributed by atoms with Gasteiger partial charge in [-0.15, -0.1) is 0 Å². The van der Waals surface area contributed by atoms with Crippen molar-refractivity contribution in [2.24, 2.45) is 0 Å². The monoisotopic (exact) mass is 330 g/mol. The van der Waals surface area contributed by atoms with Crippen molar-refractivity contribution >= 4 is 41.0 Å². The van der Waals surface area contributed by atoms with E-state index in [1.807, 2.05) is 31.2 Å². The number of esters is 1. The fraction of sp³-hybridized carbons (Fsp3) is 0.0556. The molecule has 0 amide bonds. The molecule has 0 spiro atoms. The largest absolute Gasteiger partial charge is 0.422 e. The van der Waals surface area contributed by atoms with Gasteiger partial charge < -0.3 is 4.74 Å². The van der Waals surface area contributed by atoms with Crippen LogP contribution in [-0.4, -0.2) is 5.97 Å². The average Bonchev–Trinajstić information content (AvgIpc) is 2.85. The first kappa shape index (κ1) is 14.9. The van der Waals surface area contributed by atoms with Crippen molar-refractivity contribution in [3.05, 3.63) is 80.8 Å². The van der Waals surface area contributed by atoms with E-state index in [-0.39, 0.29) is 0 Å². The number of halogens is 2. The Hall–Kier alpha value is -2.03. The van der Waals surface area contributed by atoms with Crippen LogP contribution >= 0.6 is 23.2 Å². The van der Waals surface area contributed by atoms with Crippen LogP contribution in [0.4, 0.5) is 0 Å². The van der Waals surface area contributed by atoms with Crippen LogP contribution in [0.15, 0.2) is 54.1 Å². The van der Waals surface area contributed by atoms with Gasteiger partial charge in [-0.3, -0.25) is 0 Å². The molecule has 22 heavy (non-hydrogen) atoms. The van der Waals surface area contributed by atoms with Crippen molar-refractivity contribution in [1.82, 2.24) is 0 Å². The van der Waals surface area contributed by atoms with Crippen molar-refractivity contribution in [1.29, 1.82) is 0 Å². The summed E-state index contributed by atoms with van der Waals surface area (Å²) in [7, 11) is 0. The van der Waals surface area contributed by atoms with Crippen LogP contribution in [0, 0.1) is 6.92 Å². The number of carbonyl (C=O) groups excluding carboxylic acids is 1. The summed E-state index contributed by atoms with van der Waals surface area (Å²) in [5.41, 5.74) is 3.03. The van der Waals surface area contributed by atoms with Gasteiger partial charge in [0.25, 0.3) is 0 Å². The fourth-order valence-corrected chi connectivity index (χ4v) is 2.66. The highest BCUT2D eigenvalue weighted by molar-refractivity contribution is 6.37. The Bertz CT molecular complexity index is 782. The molecule has 4 heteroatoms. The first-order valence-corrected chi connectivity index (χ1v) is 7.47. The van der Waals surface area contributed by atoms with E-state index in [1.165, 1.54) is 0 Å². The highest BCUT2D eigenvalue weighted by atomic mass is 35.5. The van der Waals surface area contributed by atoms with Gasteiger partial charge in [0.05, 0.1) is 5.57 Å². The van der Waals surface area contributed by atoms with Gasteiger partial charge in [0.1, 0.15) is 5.76 Å². The van der Waals surface area contributed by atoms with E-state index in [9.17, 15) is 4.79 Å². The smallest absolute Gasteiger partial charge is 0.343 e. The van der Waals surface area contributed by atoms with Gasteiger partial charge in [-0.05, 0) is 31.2 Å². The fourth-order valence-electron chi connectivity index (χ4n) is 2.15. The van der Waals surface area contributed by atoms with Crippen LogP contribution in [0.2, 0.25) is 10.0 Å². The van der Waals surface area contributed by atoms with Crippen LogP contribution in [0.1, 0.15) is 16.7 Å². The maximum absolute atomic E-state index is 12.0. The number of ether oxygens (including phenoxy) is 1. The van der Waals surface area contributed by atoms with Crippen molar-refractivity contribution in [2.45, 2.75) is 6.92 Å². The SMILES string of the molecule is Cc1ccc(C2=C/C(=C\c3c(Cl)cccc3Cl)C(=O)O2)cc1. The molecule has 0 saturated heterocycles. The van der Waals surface area contributed by atoms with E-state index in [4.69, 9.17) is 27.9 Å². The second kappa shape index (κ2) is 5.99. The maximum Gasteiger partial charge on any atom is 0.343 e. The van der Waals surface area contributed by atoms with Crippen LogP contribution in [0.25, 0.3) is 11.8 Å². The molecule has 0 atom stereocenters. The summed E-state index contributed by atoms with van der Waals surface area (Å²) >= 11 is 12.2. The molecule has 0 radical (unpaired) electrons. The summed E-state index contributed by atoms with van der Waals surface area (Å²) in [6.07, 6.45) is 3.35. The van der Waals surface area contributed by atoms with E-state index in [2.05, 4.69) is 0 Å². The van der Waals surface area contributed by atoms with Crippen LogP contribution < -0.4 is 0 Å². The normalized spacial score (nSPS) is 15.9. The van der Waals surface area contributed by atoms with E-state index < -0.39 is 5.97 Å². The van der Waals surface area contributed by atoms with Crippen LogP contribution in [0.5, 0.6) is 0 Å². The molecule has 0 fully saturated rings. The second-order valence-corrected chi connectivity index (χ2v) is 5.81. The Kier molecular flexibility index (Phi) is 4.06. The zero-order chi connectivity index (χ0) is 15.7. The minimum absolute atomic E-state index is 0.411. The lowest BCUT2D eigenvalue weighted by Gasteiger charge is -2.02. The van der Waals surface area contributed by atoms with Gasteiger partial charge in [0.2, 0.25) is 0 Å². The number of hydrogen-bond donors (Lipinski definition) is 0. The van der Waals surface area contributed by atoms with E-state index in [0.29, 0.717) is 26.9 Å². The van der Waals surface area contributed by atoms with Crippen molar-refractivity contribution in [2.75, 3.05) is 0 Å². The molecule has 110 valence electrons. The number of aryl methyl sites for hydroxylation is 1. The zero-order valence-electron chi connectivity index (χ0n) is 11.8. The van der Waals surface area contributed by atoms with Gasteiger partial charge in [-0.25, -0.2) is 4.79 Å². The molecule has 1 heterocycles. The van der Waals surface area contributed by atoms with E-state index in [0.717, 1.165) is 11.1 Å². The Morgan fingerprint density at radius 2 is 1.64 bits per heavy atom. The molecular weight excluding hydrogens is 319 g/mol. The van der Waals surface area contributed by atoms with Gasteiger partial charge >= 0.3 is 5.97 Å². The third-order valence-electron chi connectivity index (χ3n) is 3.36. The second-order valence-electron chi connectivity index (χ2n) is 5.00. The Morgan fingerprint density at radius 1 is 1.00 bits per heavy atom. The lowest BCUT2D eigenvalue weighted by Crippen LogP contribution is -1.97. The zero-order valence-corrected chi connectivity index (χ0v) is 13.3. The van der Waals surface area contributed by atoms with Crippen LogP contribution in [0.3, 0.4) is 0 Å². The molecule has 0 N–H and O–H groups in total. The number of carbonyl (C=O) groups is 1. The Labute approximate surface area is 138 Å². The summed E-state index contributed by atoms with van der Waals surface area (Å²) in [4.78, 5) is 12.0. The molecular formula is C18H12Cl2O2. The number of benzene rings is 2. The van der Waals surface area contributed by atoms with Gasteiger partial charge in [0, 0.05) is 21.2 Å². The van der Waals surface area contributed by atoms with Crippen LogP contribution in [-0.2, 0) is 9.53 Å². The van der Waals surface area contributed by atoms with Crippen molar-refractivity contribution in [3.63, 3.8) is 0 Å². The summed E-state index contributed by atoms with van der Waals surface area (Å²) in [6, 6.07) is 13.0. The third kappa shape index (κ3) is 2.94. The molecule has 0 unspecified atom stereocenters. The molecule has 1 aliphatic heterocycles. The molecule has 2 aromatic carbocycles. The minimum atomic E-state index is -0.411. The average molecular weight is 331 g/mol. The molecule has 2 nitrogen and oxygen atoms in total. The molecule has 0 bridgehead atoms. The standard InChI is InChI=1S/C18H12Cl2O2/c1-11-5-7-12(8-6-11)17-10-13(18(21)22-17)9-14-15(19)3-2-4-16(14)20/h2-10H,1H3/b13-9+. The quantitative estimate of drug-likeness (QED) is 0.552. The van der Waals surface area contributed by atoms with E-state index in [1.54, 1.807) is 30.4 Å². The van der Waals surface area contributed by atoms with E-state index >= 15 is 0 Å². The first-order chi connectivity index (χ1) is 10.5. The number of hydrogen-bond acceptors (Lipinski definition) is 2. The Morgan fingerprint density at radius 3 is 2.27 bits per heavy atom. The molecule has 0 aromatic heterocycles. The topological polar surface area (TPSA) is 26.3 Å². The minimum Gasteiger partial charge on any atom is -0.422 e. The highest BCUT2D eigenvalue weighted by Crippen LogP contribution is 2.31. The van der Waals surface area contributed by atoms with Crippen molar-refractivity contribution in [3.8, 4) is 0 Å². The molecule has 1 aliphatic rings. The van der Waals surface area contributed by atoms with Gasteiger partial charge in [-0.2, -0.15) is 0 Å². The summed E-state index contributed by atoms with van der Waals surface area (Å²) in [6.45, 7) is 2.00. The van der Waals surface area contributed by atoms with Gasteiger partial charge in [-0.1, -0.05) is 59.1 Å². The predicted molar refractivity (Wildman–Crippen MR) is 89.7 cm³/mol. The third-order valence-corrected chi connectivity index (χ3v) is 4.02. The number of cyclic esters (lactones) is 1. The molecule has 0 saturated carbocycles. The lowest BCUT2D eigenvalue weighted by atomic mass is 10.1. The Balaban J connectivity index is 1.99. The molecule has 0 aliphatic carbocycles.